The molecule has 1 saturated carbocycles. The van der Waals surface area contributed by atoms with E-state index in [1.54, 1.807) is 0 Å². The Balaban J connectivity index is 2.24. The standard InChI is InChI=1S/C15H13F3O3/c16-15(17,18)10-5-2-1-4-9(10)8-13(21)14-11(19)6-3-7-12(14)20/h1-2,4-5,14H,3,6-8H2. The Hall–Kier alpha value is -1.98. The lowest BCUT2D eigenvalue weighted by molar-refractivity contribution is -0.141. The zero-order valence-corrected chi connectivity index (χ0v) is 11.1. The Morgan fingerprint density at radius 2 is 1.67 bits per heavy atom. The van der Waals surface area contributed by atoms with Gasteiger partial charge in [-0.15, -0.1) is 0 Å². The summed E-state index contributed by atoms with van der Waals surface area (Å²) >= 11 is 0. The molecule has 1 aliphatic carbocycles. The van der Waals surface area contributed by atoms with Gasteiger partial charge in [-0.3, -0.25) is 14.4 Å². The highest BCUT2D eigenvalue weighted by atomic mass is 19.4. The van der Waals surface area contributed by atoms with Crippen LogP contribution in [0.2, 0.25) is 0 Å². The largest absolute Gasteiger partial charge is 0.416 e. The molecule has 0 atom stereocenters. The molecule has 0 aromatic heterocycles. The number of hydrogen-bond donors (Lipinski definition) is 0. The number of rotatable bonds is 3. The first-order valence-corrected chi connectivity index (χ1v) is 6.54. The SMILES string of the molecule is O=C1CCCC(=O)C1C(=O)Cc1ccccc1C(F)(F)F. The molecule has 0 radical (unpaired) electrons. The molecular weight excluding hydrogens is 285 g/mol. The fourth-order valence-corrected chi connectivity index (χ4v) is 2.50. The Bertz CT molecular complexity index is 574. The van der Waals surface area contributed by atoms with Gasteiger partial charge in [-0.05, 0) is 18.1 Å². The number of benzene rings is 1. The fraction of sp³-hybridized carbons (Fsp3) is 0.400. The molecule has 0 aliphatic heterocycles. The van der Waals surface area contributed by atoms with Crippen molar-refractivity contribution in [3.05, 3.63) is 35.4 Å². The van der Waals surface area contributed by atoms with E-state index in [0.29, 0.717) is 6.42 Å². The molecule has 21 heavy (non-hydrogen) atoms. The van der Waals surface area contributed by atoms with Crippen LogP contribution in [0.4, 0.5) is 13.2 Å². The third kappa shape index (κ3) is 3.37. The van der Waals surface area contributed by atoms with Gasteiger partial charge < -0.3 is 0 Å². The van der Waals surface area contributed by atoms with Crippen LogP contribution >= 0.6 is 0 Å². The van der Waals surface area contributed by atoms with E-state index < -0.39 is 41.4 Å². The van der Waals surface area contributed by atoms with Crippen molar-refractivity contribution in [3.63, 3.8) is 0 Å². The van der Waals surface area contributed by atoms with Crippen LogP contribution in [-0.4, -0.2) is 17.3 Å². The van der Waals surface area contributed by atoms with Gasteiger partial charge in [0, 0.05) is 19.3 Å². The minimum atomic E-state index is -4.57. The van der Waals surface area contributed by atoms with E-state index in [4.69, 9.17) is 0 Å². The quantitative estimate of drug-likeness (QED) is 0.806. The molecule has 0 spiro atoms. The van der Waals surface area contributed by atoms with Crippen molar-refractivity contribution in [2.45, 2.75) is 31.9 Å². The van der Waals surface area contributed by atoms with E-state index >= 15 is 0 Å². The van der Waals surface area contributed by atoms with Crippen molar-refractivity contribution >= 4 is 17.3 Å². The molecule has 2 rings (SSSR count). The summed E-state index contributed by atoms with van der Waals surface area (Å²) in [6.45, 7) is 0. The highest BCUT2D eigenvalue weighted by Crippen LogP contribution is 2.32. The molecule has 0 N–H and O–H groups in total. The number of halogens is 3. The van der Waals surface area contributed by atoms with Crippen LogP contribution in [0.5, 0.6) is 0 Å². The number of carbonyl (C=O) groups is 3. The molecule has 0 bridgehead atoms. The highest BCUT2D eigenvalue weighted by molar-refractivity contribution is 6.20. The average Bonchev–Trinajstić information content (AvgIpc) is 2.37. The van der Waals surface area contributed by atoms with Gasteiger partial charge in [0.2, 0.25) is 0 Å². The van der Waals surface area contributed by atoms with Crippen molar-refractivity contribution in [2.75, 3.05) is 0 Å². The topological polar surface area (TPSA) is 51.2 Å². The summed E-state index contributed by atoms with van der Waals surface area (Å²) in [5, 5.41) is 0. The first-order chi connectivity index (χ1) is 9.80. The molecule has 1 fully saturated rings. The van der Waals surface area contributed by atoms with Crippen molar-refractivity contribution in [1.29, 1.82) is 0 Å². The Labute approximate surface area is 119 Å². The molecule has 0 saturated heterocycles. The molecule has 6 heteroatoms. The molecule has 3 nitrogen and oxygen atoms in total. The van der Waals surface area contributed by atoms with E-state index in [2.05, 4.69) is 0 Å². The minimum Gasteiger partial charge on any atom is -0.298 e. The zero-order chi connectivity index (χ0) is 15.6. The summed E-state index contributed by atoms with van der Waals surface area (Å²) < 4.78 is 38.5. The molecule has 1 aromatic carbocycles. The summed E-state index contributed by atoms with van der Waals surface area (Å²) in [5.41, 5.74) is -1.12. The van der Waals surface area contributed by atoms with Crippen molar-refractivity contribution in [3.8, 4) is 0 Å². The van der Waals surface area contributed by atoms with Crippen LogP contribution in [0.25, 0.3) is 0 Å². The summed E-state index contributed by atoms with van der Waals surface area (Å²) in [4.78, 5) is 35.4. The second kappa shape index (κ2) is 5.79. The van der Waals surface area contributed by atoms with Gasteiger partial charge in [0.25, 0.3) is 0 Å². The number of Topliss-reactive ketones (excluding diaryl/α,β-unsaturated/α-hetero) is 3. The van der Waals surface area contributed by atoms with E-state index in [0.717, 1.165) is 6.07 Å². The molecule has 0 heterocycles. The predicted molar refractivity (Wildman–Crippen MR) is 67.5 cm³/mol. The van der Waals surface area contributed by atoms with Crippen molar-refractivity contribution < 1.29 is 27.6 Å². The summed E-state index contributed by atoms with van der Waals surface area (Å²) in [6, 6.07) is 4.70. The van der Waals surface area contributed by atoms with Gasteiger partial charge in [0.1, 0.15) is 5.92 Å². The van der Waals surface area contributed by atoms with E-state index in [-0.39, 0.29) is 18.4 Å². The molecule has 112 valence electrons. The van der Waals surface area contributed by atoms with Gasteiger partial charge in [-0.25, -0.2) is 0 Å². The number of ketones is 3. The third-order valence-corrected chi connectivity index (χ3v) is 3.50. The molecular formula is C15H13F3O3. The zero-order valence-electron chi connectivity index (χ0n) is 11.1. The summed E-state index contributed by atoms with van der Waals surface area (Å²) in [7, 11) is 0. The minimum absolute atomic E-state index is 0.128. The Morgan fingerprint density at radius 3 is 2.24 bits per heavy atom. The van der Waals surface area contributed by atoms with E-state index in [9.17, 15) is 27.6 Å². The van der Waals surface area contributed by atoms with Crippen LogP contribution in [0, 0.1) is 5.92 Å². The first-order valence-electron chi connectivity index (χ1n) is 6.54. The first kappa shape index (κ1) is 15.4. The lowest BCUT2D eigenvalue weighted by Crippen LogP contribution is -2.36. The highest BCUT2D eigenvalue weighted by Gasteiger charge is 2.38. The maximum Gasteiger partial charge on any atom is 0.416 e. The lowest BCUT2D eigenvalue weighted by atomic mass is 9.81. The molecule has 0 unspecified atom stereocenters. The molecule has 1 aliphatic rings. The predicted octanol–water partition coefficient (Wildman–Crippen LogP) is 2.76. The second-order valence-corrected chi connectivity index (χ2v) is 5.02. The Morgan fingerprint density at radius 1 is 1.10 bits per heavy atom. The van der Waals surface area contributed by atoms with Crippen LogP contribution < -0.4 is 0 Å². The molecule has 1 aromatic rings. The normalized spacial score (nSPS) is 17.1. The monoisotopic (exact) mass is 298 g/mol. The van der Waals surface area contributed by atoms with Gasteiger partial charge in [-0.1, -0.05) is 18.2 Å². The van der Waals surface area contributed by atoms with Crippen molar-refractivity contribution in [2.24, 2.45) is 5.92 Å². The number of alkyl halides is 3. The van der Waals surface area contributed by atoms with Crippen LogP contribution in [0.15, 0.2) is 24.3 Å². The average molecular weight is 298 g/mol. The number of carbonyl (C=O) groups excluding carboxylic acids is 3. The van der Waals surface area contributed by atoms with Crippen LogP contribution in [0.1, 0.15) is 30.4 Å². The smallest absolute Gasteiger partial charge is 0.298 e. The molecule has 0 amide bonds. The maximum absolute atomic E-state index is 12.8. The third-order valence-electron chi connectivity index (χ3n) is 3.50. The van der Waals surface area contributed by atoms with E-state index in [1.807, 2.05) is 0 Å². The Kier molecular flexibility index (Phi) is 4.25. The van der Waals surface area contributed by atoms with Gasteiger partial charge in [0.05, 0.1) is 5.56 Å². The second-order valence-electron chi connectivity index (χ2n) is 5.02. The van der Waals surface area contributed by atoms with Crippen molar-refractivity contribution in [1.82, 2.24) is 0 Å². The van der Waals surface area contributed by atoms with Crippen LogP contribution in [0.3, 0.4) is 0 Å². The number of hydrogen-bond acceptors (Lipinski definition) is 3. The van der Waals surface area contributed by atoms with E-state index in [1.165, 1.54) is 18.2 Å². The fourth-order valence-electron chi connectivity index (χ4n) is 2.50. The summed E-state index contributed by atoms with van der Waals surface area (Å²) in [5.74, 6) is -3.11. The maximum atomic E-state index is 12.8. The van der Waals surface area contributed by atoms with Crippen LogP contribution in [-0.2, 0) is 27.0 Å². The lowest BCUT2D eigenvalue weighted by Gasteiger charge is -2.19. The van der Waals surface area contributed by atoms with Gasteiger partial charge in [-0.2, -0.15) is 13.2 Å². The summed E-state index contributed by atoms with van der Waals surface area (Å²) in [6.07, 6.45) is -4.47. The van der Waals surface area contributed by atoms with Gasteiger partial charge in [0.15, 0.2) is 17.3 Å². The van der Waals surface area contributed by atoms with Gasteiger partial charge >= 0.3 is 6.18 Å².